The Labute approximate surface area is 112 Å². The predicted molar refractivity (Wildman–Crippen MR) is 69.0 cm³/mol. The summed E-state index contributed by atoms with van der Waals surface area (Å²) >= 11 is 0. The second kappa shape index (κ2) is 7.27. The molecule has 0 radical (unpaired) electrons. The first-order valence-corrected chi connectivity index (χ1v) is 6.12. The van der Waals surface area contributed by atoms with Gasteiger partial charge >= 0.3 is 5.97 Å². The largest absolute Gasteiger partial charge is 0.490 e. The molecule has 1 rings (SSSR count). The van der Waals surface area contributed by atoms with Crippen LogP contribution in [0.25, 0.3) is 0 Å². The first kappa shape index (κ1) is 14.8. The fraction of sp³-hybridized carbons (Fsp3) is 0.429. The van der Waals surface area contributed by atoms with Crippen LogP contribution in [0.5, 0.6) is 11.5 Å². The first-order chi connectivity index (χ1) is 9.12. The van der Waals surface area contributed by atoms with E-state index in [9.17, 15) is 4.79 Å². The van der Waals surface area contributed by atoms with Crippen molar-refractivity contribution >= 4 is 5.97 Å². The summed E-state index contributed by atoms with van der Waals surface area (Å²) in [5, 5.41) is 8.84. The maximum absolute atomic E-state index is 11.5. The van der Waals surface area contributed by atoms with Gasteiger partial charge < -0.3 is 14.2 Å². The summed E-state index contributed by atoms with van der Waals surface area (Å²) in [5.41, 5.74) is 0.472. The monoisotopic (exact) mass is 263 g/mol. The Morgan fingerprint density at radius 1 is 1.32 bits per heavy atom. The molecule has 0 bridgehead atoms. The van der Waals surface area contributed by atoms with Gasteiger partial charge in [-0.25, -0.2) is 4.79 Å². The topological polar surface area (TPSA) is 68.5 Å². The molecule has 19 heavy (non-hydrogen) atoms. The summed E-state index contributed by atoms with van der Waals surface area (Å²) < 4.78 is 15.8. The smallest absolute Gasteiger partial charge is 0.347 e. The maximum Gasteiger partial charge on any atom is 0.347 e. The van der Waals surface area contributed by atoms with E-state index >= 15 is 0 Å². The molecule has 0 N–H and O–H groups in total. The van der Waals surface area contributed by atoms with Crippen LogP contribution in [0.15, 0.2) is 18.2 Å². The number of benzene rings is 1. The highest BCUT2D eigenvalue weighted by Crippen LogP contribution is 2.29. The molecule has 0 aliphatic carbocycles. The summed E-state index contributed by atoms with van der Waals surface area (Å²) in [5.74, 6) is 0.424. The molecule has 0 unspecified atom stereocenters. The number of carbonyl (C=O) groups is 1. The highest BCUT2D eigenvalue weighted by molar-refractivity contribution is 5.74. The summed E-state index contributed by atoms with van der Waals surface area (Å²) in [7, 11) is 0. The van der Waals surface area contributed by atoms with Crippen LogP contribution >= 0.6 is 0 Å². The number of ether oxygens (including phenoxy) is 3. The lowest BCUT2D eigenvalue weighted by molar-refractivity contribution is -0.150. The van der Waals surface area contributed by atoms with Crippen molar-refractivity contribution in [3.8, 4) is 17.6 Å². The summed E-state index contributed by atoms with van der Waals surface area (Å²) in [6.45, 7) is 5.92. The molecule has 0 fully saturated rings. The van der Waals surface area contributed by atoms with E-state index in [-0.39, 0.29) is 0 Å². The molecule has 0 saturated heterocycles. The van der Waals surface area contributed by atoms with Gasteiger partial charge in [0.2, 0.25) is 0 Å². The lowest BCUT2D eigenvalue weighted by atomic mass is 10.2. The van der Waals surface area contributed by atoms with Crippen molar-refractivity contribution in [3.05, 3.63) is 23.8 Å². The van der Waals surface area contributed by atoms with E-state index < -0.39 is 12.1 Å². The molecule has 0 aliphatic heterocycles. The Balaban J connectivity index is 2.88. The van der Waals surface area contributed by atoms with E-state index in [0.717, 1.165) is 0 Å². The second-order valence-corrected chi connectivity index (χ2v) is 3.72. The predicted octanol–water partition coefficient (Wildman–Crippen LogP) is 2.29. The van der Waals surface area contributed by atoms with E-state index in [1.807, 2.05) is 13.0 Å². The SMILES string of the molecule is CCOC(=O)[C@H](C)Oc1ccc(C#N)cc1OCC. The second-order valence-electron chi connectivity index (χ2n) is 3.72. The number of esters is 1. The van der Waals surface area contributed by atoms with Gasteiger partial charge in [-0.3, -0.25) is 0 Å². The molecular weight excluding hydrogens is 246 g/mol. The van der Waals surface area contributed by atoms with Crippen LogP contribution in [0, 0.1) is 11.3 Å². The van der Waals surface area contributed by atoms with E-state index in [1.54, 1.807) is 32.0 Å². The minimum absolute atomic E-state index is 0.304. The minimum atomic E-state index is -0.730. The molecule has 5 nitrogen and oxygen atoms in total. The molecule has 5 heteroatoms. The lowest BCUT2D eigenvalue weighted by Crippen LogP contribution is -2.26. The summed E-state index contributed by atoms with van der Waals surface area (Å²) in [4.78, 5) is 11.5. The number of carbonyl (C=O) groups excluding carboxylic acids is 1. The number of nitrogens with zero attached hydrogens (tertiary/aromatic N) is 1. The zero-order valence-electron chi connectivity index (χ0n) is 11.3. The van der Waals surface area contributed by atoms with Crippen LogP contribution in [0.3, 0.4) is 0 Å². The Bertz CT molecular complexity index is 479. The number of nitriles is 1. The van der Waals surface area contributed by atoms with Gasteiger partial charge in [-0.2, -0.15) is 5.26 Å². The Morgan fingerprint density at radius 2 is 2.05 bits per heavy atom. The van der Waals surface area contributed by atoms with E-state index in [0.29, 0.717) is 30.3 Å². The third-order valence-corrected chi connectivity index (χ3v) is 2.29. The van der Waals surface area contributed by atoms with Crippen LogP contribution in [0.1, 0.15) is 26.3 Å². The van der Waals surface area contributed by atoms with Gasteiger partial charge in [-0.05, 0) is 32.9 Å². The molecule has 0 spiro atoms. The number of rotatable bonds is 6. The van der Waals surface area contributed by atoms with Crippen molar-refractivity contribution in [2.24, 2.45) is 0 Å². The molecular formula is C14H17NO4. The van der Waals surface area contributed by atoms with Gasteiger partial charge in [0.05, 0.1) is 24.8 Å². The Kier molecular flexibility index (Phi) is 5.68. The average molecular weight is 263 g/mol. The third-order valence-electron chi connectivity index (χ3n) is 2.29. The zero-order valence-corrected chi connectivity index (χ0v) is 11.3. The fourth-order valence-corrected chi connectivity index (χ4v) is 1.44. The zero-order chi connectivity index (χ0) is 14.3. The van der Waals surface area contributed by atoms with Crippen LogP contribution in [-0.4, -0.2) is 25.3 Å². The molecule has 102 valence electrons. The quantitative estimate of drug-likeness (QED) is 0.736. The van der Waals surface area contributed by atoms with Crippen molar-refractivity contribution < 1.29 is 19.0 Å². The molecule has 1 aromatic carbocycles. The van der Waals surface area contributed by atoms with Crippen molar-refractivity contribution in [1.29, 1.82) is 5.26 Å². The van der Waals surface area contributed by atoms with E-state index in [2.05, 4.69) is 0 Å². The third kappa shape index (κ3) is 4.18. The van der Waals surface area contributed by atoms with Crippen molar-refractivity contribution in [1.82, 2.24) is 0 Å². The molecule has 1 atom stereocenters. The Morgan fingerprint density at radius 3 is 2.63 bits per heavy atom. The molecule has 0 heterocycles. The van der Waals surface area contributed by atoms with E-state index in [4.69, 9.17) is 19.5 Å². The van der Waals surface area contributed by atoms with Crippen molar-refractivity contribution in [2.75, 3.05) is 13.2 Å². The van der Waals surface area contributed by atoms with Gasteiger partial charge in [-0.15, -0.1) is 0 Å². The van der Waals surface area contributed by atoms with Crippen LogP contribution in [-0.2, 0) is 9.53 Å². The van der Waals surface area contributed by atoms with Gasteiger partial charge in [0, 0.05) is 6.07 Å². The molecule has 0 aliphatic rings. The van der Waals surface area contributed by atoms with Gasteiger partial charge in [0.1, 0.15) is 0 Å². The van der Waals surface area contributed by atoms with Crippen molar-refractivity contribution in [3.63, 3.8) is 0 Å². The number of hydrogen-bond acceptors (Lipinski definition) is 5. The first-order valence-electron chi connectivity index (χ1n) is 6.12. The summed E-state index contributed by atoms with van der Waals surface area (Å²) in [6.07, 6.45) is -0.730. The minimum Gasteiger partial charge on any atom is -0.490 e. The Hall–Kier alpha value is -2.22. The molecule has 0 aromatic heterocycles. The van der Waals surface area contributed by atoms with E-state index in [1.165, 1.54) is 0 Å². The highest BCUT2D eigenvalue weighted by Gasteiger charge is 2.18. The van der Waals surface area contributed by atoms with Gasteiger partial charge in [0.15, 0.2) is 17.6 Å². The maximum atomic E-state index is 11.5. The van der Waals surface area contributed by atoms with Gasteiger partial charge in [0.25, 0.3) is 0 Å². The van der Waals surface area contributed by atoms with Crippen LogP contribution in [0.4, 0.5) is 0 Å². The van der Waals surface area contributed by atoms with Crippen molar-refractivity contribution in [2.45, 2.75) is 26.9 Å². The molecule has 0 amide bonds. The summed E-state index contributed by atoms with van der Waals surface area (Å²) in [6, 6.07) is 6.82. The molecule has 0 saturated carbocycles. The van der Waals surface area contributed by atoms with Crippen LogP contribution in [0.2, 0.25) is 0 Å². The van der Waals surface area contributed by atoms with Crippen LogP contribution < -0.4 is 9.47 Å². The number of hydrogen-bond donors (Lipinski definition) is 0. The lowest BCUT2D eigenvalue weighted by Gasteiger charge is -2.16. The molecule has 1 aromatic rings. The fourth-order valence-electron chi connectivity index (χ4n) is 1.44. The normalized spacial score (nSPS) is 11.3. The highest BCUT2D eigenvalue weighted by atomic mass is 16.6. The van der Waals surface area contributed by atoms with Gasteiger partial charge in [-0.1, -0.05) is 0 Å². The standard InChI is InChI=1S/C14H17NO4/c1-4-17-13-8-11(9-15)6-7-12(13)19-10(3)14(16)18-5-2/h6-8,10H,4-5H2,1-3H3/t10-/m0/s1. The average Bonchev–Trinajstić information content (AvgIpc) is 2.41.